The second-order valence-corrected chi connectivity index (χ2v) is 5.29. The lowest BCUT2D eigenvalue weighted by molar-refractivity contribution is 0.202. The van der Waals surface area contributed by atoms with Crippen molar-refractivity contribution < 1.29 is 4.74 Å². The summed E-state index contributed by atoms with van der Waals surface area (Å²) in [5.74, 6) is 0.588. The van der Waals surface area contributed by atoms with Crippen molar-refractivity contribution in [3.63, 3.8) is 0 Å². The van der Waals surface area contributed by atoms with Crippen LogP contribution in [0.5, 0.6) is 0 Å². The first-order valence-electron chi connectivity index (χ1n) is 6.03. The predicted molar refractivity (Wildman–Crippen MR) is 79.4 cm³/mol. The first-order valence-corrected chi connectivity index (χ1v) is 6.85. The van der Waals surface area contributed by atoms with E-state index in [4.69, 9.17) is 16.2 Å². The highest BCUT2D eigenvalue weighted by Gasteiger charge is 2.18. The smallest absolute Gasteiger partial charge is 0.222 e. The summed E-state index contributed by atoms with van der Waals surface area (Å²) >= 11 is 1.54. The van der Waals surface area contributed by atoms with Crippen molar-refractivity contribution in [2.75, 3.05) is 25.2 Å². The largest absolute Gasteiger partial charge is 0.384 e. The normalized spacial score (nSPS) is 11.2. The number of rotatable bonds is 4. The van der Waals surface area contributed by atoms with Gasteiger partial charge in [-0.1, -0.05) is 0 Å². The number of aromatic nitrogens is 4. The molecule has 0 aromatic carbocycles. The molecule has 104 valence electrons. The van der Waals surface area contributed by atoms with Gasteiger partial charge >= 0.3 is 0 Å². The van der Waals surface area contributed by atoms with Crippen molar-refractivity contribution in [2.24, 2.45) is 0 Å². The van der Waals surface area contributed by atoms with Gasteiger partial charge in [-0.05, 0) is 12.5 Å². The summed E-state index contributed by atoms with van der Waals surface area (Å²) in [6.45, 7) is 0.594. The van der Waals surface area contributed by atoms with E-state index in [-0.39, 0.29) is 5.95 Å². The van der Waals surface area contributed by atoms with Crippen LogP contribution >= 0.6 is 11.3 Å². The summed E-state index contributed by atoms with van der Waals surface area (Å²) in [6, 6.07) is 1.91. The molecule has 20 heavy (non-hydrogen) atoms. The maximum atomic E-state index is 5.94. The summed E-state index contributed by atoms with van der Waals surface area (Å²) in [6.07, 6.45) is 2.43. The van der Waals surface area contributed by atoms with Crippen LogP contribution in [0.1, 0.15) is 5.56 Å². The second kappa shape index (κ2) is 5.06. The van der Waals surface area contributed by atoms with Crippen molar-refractivity contribution in [3.8, 4) is 10.6 Å². The second-order valence-electron chi connectivity index (χ2n) is 4.27. The highest BCUT2D eigenvalue weighted by Crippen LogP contribution is 2.39. The van der Waals surface area contributed by atoms with Crippen LogP contribution in [0, 0.1) is 0 Å². The van der Waals surface area contributed by atoms with Crippen LogP contribution in [-0.2, 0) is 11.2 Å². The summed E-state index contributed by atoms with van der Waals surface area (Å²) in [7, 11) is 1.67. The monoisotopic (exact) mass is 290 g/mol. The van der Waals surface area contributed by atoms with Crippen LogP contribution < -0.4 is 11.5 Å². The van der Waals surface area contributed by atoms with Crippen LogP contribution in [0.3, 0.4) is 0 Å². The average Bonchev–Trinajstić information content (AvgIpc) is 3.03. The third kappa shape index (κ3) is 2.08. The van der Waals surface area contributed by atoms with E-state index in [1.165, 1.54) is 11.3 Å². The summed E-state index contributed by atoms with van der Waals surface area (Å²) in [5, 5.41) is 6.95. The SMILES string of the molecule is COCCc1c(-c2ccn[nH]2)sc2c(N)nc(N)nc12. The first kappa shape index (κ1) is 12.8. The van der Waals surface area contributed by atoms with Gasteiger partial charge in [0.15, 0.2) is 0 Å². The van der Waals surface area contributed by atoms with Crippen molar-refractivity contribution in [1.29, 1.82) is 0 Å². The quantitative estimate of drug-likeness (QED) is 0.669. The molecule has 3 aromatic heterocycles. The van der Waals surface area contributed by atoms with Crippen LogP contribution in [0.15, 0.2) is 12.3 Å². The number of thiophene rings is 1. The van der Waals surface area contributed by atoms with E-state index in [1.807, 2.05) is 6.07 Å². The Morgan fingerprint density at radius 2 is 2.20 bits per heavy atom. The van der Waals surface area contributed by atoms with E-state index >= 15 is 0 Å². The third-order valence-corrected chi connectivity index (χ3v) is 4.25. The average molecular weight is 290 g/mol. The molecule has 5 N–H and O–H groups in total. The van der Waals surface area contributed by atoms with Crippen LogP contribution in [0.2, 0.25) is 0 Å². The molecule has 0 amide bonds. The molecular formula is C12H14N6OS. The number of nitrogens with two attached hydrogens (primary N) is 2. The Kier molecular flexibility index (Phi) is 3.25. The lowest BCUT2D eigenvalue weighted by Gasteiger charge is -2.02. The molecule has 0 saturated heterocycles. The number of anilines is 2. The van der Waals surface area contributed by atoms with Gasteiger partial charge in [0.1, 0.15) is 5.82 Å². The molecule has 0 aliphatic heterocycles. The number of aromatic amines is 1. The lowest BCUT2D eigenvalue weighted by Crippen LogP contribution is -2.01. The van der Waals surface area contributed by atoms with Gasteiger partial charge in [-0.3, -0.25) is 5.10 Å². The molecule has 3 heterocycles. The number of nitrogens with zero attached hydrogens (tertiary/aromatic N) is 3. The number of fused-ring (bicyclic) bond motifs is 1. The predicted octanol–water partition coefficient (Wildman–Crippen LogP) is 1.43. The van der Waals surface area contributed by atoms with Crippen LogP contribution in [-0.4, -0.2) is 33.9 Å². The zero-order valence-electron chi connectivity index (χ0n) is 10.9. The van der Waals surface area contributed by atoms with E-state index in [0.717, 1.165) is 32.8 Å². The van der Waals surface area contributed by atoms with E-state index in [0.29, 0.717) is 12.4 Å². The van der Waals surface area contributed by atoms with Gasteiger partial charge in [-0.25, -0.2) is 4.98 Å². The maximum absolute atomic E-state index is 5.94. The molecule has 0 unspecified atom stereocenters. The van der Waals surface area contributed by atoms with Gasteiger partial charge in [-0.15, -0.1) is 11.3 Å². The van der Waals surface area contributed by atoms with Crippen molar-refractivity contribution in [2.45, 2.75) is 6.42 Å². The molecule has 0 saturated carbocycles. The van der Waals surface area contributed by atoms with Crippen LogP contribution in [0.4, 0.5) is 11.8 Å². The highest BCUT2D eigenvalue weighted by atomic mass is 32.1. The zero-order valence-corrected chi connectivity index (χ0v) is 11.7. The van der Waals surface area contributed by atoms with E-state index in [1.54, 1.807) is 13.3 Å². The molecule has 0 fully saturated rings. The fourth-order valence-electron chi connectivity index (χ4n) is 2.10. The van der Waals surface area contributed by atoms with Gasteiger partial charge in [0.05, 0.1) is 27.4 Å². The van der Waals surface area contributed by atoms with E-state index < -0.39 is 0 Å². The minimum absolute atomic E-state index is 0.183. The molecular weight excluding hydrogens is 276 g/mol. The molecule has 7 nitrogen and oxygen atoms in total. The Labute approximate surface area is 119 Å². The Balaban J connectivity index is 2.25. The van der Waals surface area contributed by atoms with Gasteiger partial charge in [0, 0.05) is 18.9 Å². The number of nitrogens with one attached hydrogen (secondary N) is 1. The molecule has 0 spiro atoms. The number of methoxy groups -OCH3 is 1. The Morgan fingerprint density at radius 1 is 1.35 bits per heavy atom. The first-order chi connectivity index (χ1) is 9.70. The molecule has 0 aliphatic carbocycles. The van der Waals surface area contributed by atoms with Crippen LogP contribution in [0.25, 0.3) is 20.8 Å². The third-order valence-electron chi connectivity index (χ3n) is 2.97. The highest BCUT2D eigenvalue weighted by molar-refractivity contribution is 7.23. The Hall–Kier alpha value is -2.19. The number of nitrogen functional groups attached to an aromatic ring is 2. The topological polar surface area (TPSA) is 116 Å². The Bertz CT molecular complexity index is 736. The van der Waals surface area contributed by atoms with Crippen molar-refractivity contribution in [3.05, 3.63) is 17.8 Å². The van der Waals surface area contributed by atoms with Gasteiger partial charge < -0.3 is 16.2 Å². The van der Waals surface area contributed by atoms with Gasteiger partial charge in [0.25, 0.3) is 0 Å². The fraction of sp³-hybridized carbons (Fsp3) is 0.250. The Morgan fingerprint density at radius 3 is 2.90 bits per heavy atom. The summed E-state index contributed by atoms with van der Waals surface area (Å²) in [5.41, 5.74) is 14.4. The maximum Gasteiger partial charge on any atom is 0.222 e. The molecule has 0 radical (unpaired) electrons. The van der Waals surface area contributed by atoms with Crippen molar-refractivity contribution >= 4 is 33.3 Å². The minimum atomic E-state index is 0.183. The molecule has 3 rings (SSSR count). The van der Waals surface area contributed by atoms with Crippen molar-refractivity contribution in [1.82, 2.24) is 20.2 Å². The lowest BCUT2D eigenvalue weighted by atomic mass is 10.1. The number of hydrogen-bond donors (Lipinski definition) is 3. The standard InChI is InChI=1S/C12H14N6OS/c1-19-5-3-6-8-10(11(13)17-12(14)16-8)20-9(6)7-2-4-15-18-7/h2,4H,3,5H2,1H3,(H,15,18)(H4,13,14,16,17). The van der Waals surface area contributed by atoms with Gasteiger partial charge in [0.2, 0.25) is 5.95 Å². The summed E-state index contributed by atoms with van der Waals surface area (Å²) in [4.78, 5) is 9.39. The number of hydrogen-bond acceptors (Lipinski definition) is 7. The van der Waals surface area contributed by atoms with E-state index in [2.05, 4.69) is 20.2 Å². The van der Waals surface area contributed by atoms with Gasteiger partial charge in [-0.2, -0.15) is 10.1 Å². The minimum Gasteiger partial charge on any atom is -0.384 e. The molecule has 0 atom stereocenters. The number of H-pyrrole nitrogens is 1. The fourth-order valence-corrected chi connectivity index (χ4v) is 3.26. The summed E-state index contributed by atoms with van der Waals surface area (Å²) < 4.78 is 6.01. The molecule has 0 bridgehead atoms. The molecule has 3 aromatic rings. The molecule has 8 heteroatoms. The molecule has 0 aliphatic rings. The van der Waals surface area contributed by atoms with E-state index in [9.17, 15) is 0 Å². The number of ether oxygens (including phenoxy) is 1. The zero-order chi connectivity index (χ0) is 14.1.